The number of anilines is 1. The third-order valence-electron chi connectivity index (χ3n) is 1.43. The van der Waals surface area contributed by atoms with Crippen LogP contribution < -0.4 is 5.32 Å². The molecule has 2 N–H and O–H groups in total. The van der Waals surface area contributed by atoms with Crippen molar-refractivity contribution in [2.75, 3.05) is 5.32 Å². The van der Waals surface area contributed by atoms with E-state index in [0.717, 1.165) is 0 Å². The molecule has 0 spiro atoms. The number of hydrogen-bond acceptors (Lipinski definition) is 2. The maximum atomic E-state index is 10.8. The van der Waals surface area contributed by atoms with Gasteiger partial charge in [-0.1, -0.05) is 0 Å². The number of Topliss-reactive ketones (excluding diaryl/α,β-unsaturated/α-hetero) is 1. The minimum absolute atomic E-state index is 0. The van der Waals surface area contributed by atoms with Crippen molar-refractivity contribution in [1.82, 2.24) is 4.98 Å². The molecule has 0 atom stereocenters. The van der Waals surface area contributed by atoms with Crippen LogP contribution in [0.25, 0.3) is 0 Å². The van der Waals surface area contributed by atoms with Crippen molar-refractivity contribution in [3.63, 3.8) is 0 Å². The Morgan fingerprint density at radius 2 is 2.00 bits per heavy atom. The standard InChI is InChI=1S/C6H4N2O2.K/c9-5-4-3(1-2-7-4)8-6(5)10;/h1-2,7H,(H,8,9,10);. The molecule has 1 radical (unpaired) electrons. The first-order valence-corrected chi connectivity index (χ1v) is 2.82. The van der Waals surface area contributed by atoms with Gasteiger partial charge in [-0.3, -0.25) is 9.59 Å². The quantitative estimate of drug-likeness (QED) is 0.422. The van der Waals surface area contributed by atoms with E-state index < -0.39 is 11.7 Å². The smallest absolute Gasteiger partial charge is 0.298 e. The van der Waals surface area contributed by atoms with Crippen molar-refractivity contribution < 1.29 is 9.59 Å². The summed E-state index contributed by atoms with van der Waals surface area (Å²) in [6.45, 7) is 0. The molecule has 11 heavy (non-hydrogen) atoms. The first-order chi connectivity index (χ1) is 4.79. The fourth-order valence-corrected chi connectivity index (χ4v) is 0.954. The summed E-state index contributed by atoms with van der Waals surface area (Å²) >= 11 is 0. The van der Waals surface area contributed by atoms with Crippen LogP contribution in [0.4, 0.5) is 5.69 Å². The van der Waals surface area contributed by atoms with E-state index in [1.54, 1.807) is 12.3 Å². The molecule has 1 aliphatic heterocycles. The molecule has 5 heteroatoms. The number of amides is 1. The molecule has 0 saturated carbocycles. The van der Waals surface area contributed by atoms with Crippen molar-refractivity contribution in [3.05, 3.63) is 18.0 Å². The average molecular weight is 175 g/mol. The molecule has 1 aliphatic rings. The Morgan fingerprint density at radius 1 is 1.27 bits per heavy atom. The zero-order valence-electron chi connectivity index (χ0n) is 5.97. The van der Waals surface area contributed by atoms with Crippen molar-refractivity contribution >= 4 is 68.8 Å². The van der Waals surface area contributed by atoms with Gasteiger partial charge in [0.25, 0.3) is 11.7 Å². The van der Waals surface area contributed by atoms with Crippen LogP contribution in [0, 0.1) is 0 Å². The van der Waals surface area contributed by atoms with Gasteiger partial charge in [0, 0.05) is 57.6 Å². The van der Waals surface area contributed by atoms with Gasteiger partial charge in [0.15, 0.2) is 0 Å². The van der Waals surface area contributed by atoms with Gasteiger partial charge in [-0.05, 0) is 6.07 Å². The third-order valence-corrected chi connectivity index (χ3v) is 1.43. The Hall–Kier alpha value is 0.0564. The van der Waals surface area contributed by atoms with E-state index in [1.807, 2.05) is 0 Å². The summed E-state index contributed by atoms with van der Waals surface area (Å²) in [4.78, 5) is 24.1. The van der Waals surface area contributed by atoms with E-state index in [2.05, 4.69) is 10.3 Å². The van der Waals surface area contributed by atoms with Gasteiger partial charge in [-0.2, -0.15) is 0 Å². The number of aromatic nitrogens is 1. The summed E-state index contributed by atoms with van der Waals surface area (Å²) in [6, 6.07) is 1.65. The Labute approximate surface area is 105 Å². The summed E-state index contributed by atoms with van der Waals surface area (Å²) < 4.78 is 0. The van der Waals surface area contributed by atoms with Crippen molar-refractivity contribution in [1.29, 1.82) is 0 Å². The van der Waals surface area contributed by atoms with Crippen LogP contribution in [0.1, 0.15) is 10.5 Å². The summed E-state index contributed by atoms with van der Waals surface area (Å²) in [5, 5.41) is 2.41. The maximum absolute atomic E-state index is 10.8. The molecule has 0 fully saturated rings. The van der Waals surface area contributed by atoms with Crippen molar-refractivity contribution in [2.45, 2.75) is 0 Å². The third kappa shape index (κ3) is 1.34. The molecule has 0 aromatic carbocycles. The summed E-state index contributed by atoms with van der Waals surface area (Å²) in [5.41, 5.74) is 0.944. The van der Waals surface area contributed by atoms with Crippen LogP contribution in [-0.2, 0) is 4.79 Å². The topological polar surface area (TPSA) is 62.0 Å². The van der Waals surface area contributed by atoms with Crippen LogP contribution in [0.15, 0.2) is 12.3 Å². The number of ketones is 1. The van der Waals surface area contributed by atoms with Crippen LogP contribution >= 0.6 is 0 Å². The van der Waals surface area contributed by atoms with Crippen molar-refractivity contribution in [2.24, 2.45) is 0 Å². The Morgan fingerprint density at radius 3 is 2.64 bits per heavy atom. The predicted molar refractivity (Wildman–Crippen MR) is 39.5 cm³/mol. The van der Waals surface area contributed by atoms with Gasteiger partial charge in [-0.25, -0.2) is 0 Å². The molecule has 4 nitrogen and oxygen atoms in total. The molecule has 1 aromatic rings. The number of rotatable bonds is 0. The summed E-state index contributed by atoms with van der Waals surface area (Å²) in [6.07, 6.45) is 1.61. The van der Waals surface area contributed by atoms with Gasteiger partial charge in [0.2, 0.25) is 0 Å². The molecule has 1 amide bonds. The molecular weight excluding hydrogens is 171 g/mol. The molecule has 0 unspecified atom stereocenters. The van der Waals surface area contributed by atoms with E-state index in [0.29, 0.717) is 11.4 Å². The number of aromatic amines is 1. The van der Waals surface area contributed by atoms with Gasteiger partial charge in [0.05, 0.1) is 5.69 Å². The minimum Gasteiger partial charge on any atom is -0.357 e. The maximum Gasteiger partial charge on any atom is 0.298 e. The van der Waals surface area contributed by atoms with Gasteiger partial charge in [0.1, 0.15) is 5.69 Å². The second kappa shape index (κ2) is 3.20. The number of hydrogen-bond donors (Lipinski definition) is 2. The molecule has 1 aromatic heterocycles. The van der Waals surface area contributed by atoms with Crippen LogP contribution in [-0.4, -0.2) is 68.1 Å². The SMILES string of the molecule is O=C1Nc2cc[nH]c2C1=O.[K]. The molecular formula is C6H4KN2O2. The first kappa shape index (κ1) is 9.15. The van der Waals surface area contributed by atoms with Crippen LogP contribution in [0.2, 0.25) is 0 Å². The number of H-pyrrole nitrogens is 1. The summed E-state index contributed by atoms with van der Waals surface area (Å²) in [7, 11) is 0. The molecule has 2 rings (SSSR count). The molecule has 0 bridgehead atoms. The average Bonchev–Trinajstić information content (AvgIpc) is 2.41. The number of carbonyl (C=O) groups excluding carboxylic acids is 2. The second-order valence-electron chi connectivity index (χ2n) is 2.05. The zero-order valence-corrected chi connectivity index (χ0v) is 9.09. The van der Waals surface area contributed by atoms with Crippen LogP contribution in [0.5, 0.6) is 0 Å². The molecule has 51 valence electrons. The van der Waals surface area contributed by atoms with Gasteiger partial charge >= 0.3 is 0 Å². The number of carbonyl (C=O) groups is 2. The summed E-state index contributed by atoms with van der Waals surface area (Å²) in [5.74, 6) is -1.04. The number of nitrogens with one attached hydrogen (secondary N) is 2. The van der Waals surface area contributed by atoms with E-state index in [9.17, 15) is 9.59 Å². The van der Waals surface area contributed by atoms with E-state index in [1.165, 1.54) is 0 Å². The molecule has 2 heterocycles. The van der Waals surface area contributed by atoms with E-state index in [-0.39, 0.29) is 51.4 Å². The minimum atomic E-state index is -0.554. The largest absolute Gasteiger partial charge is 0.357 e. The van der Waals surface area contributed by atoms with Crippen molar-refractivity contribution in [3.8, 4) is 0 Å². The Bertz CT molecular complexity index is 318. The molecule has 0 aliphatic carbocycles. The fraction of sp³-hybridized carbons (Fsp3) is 0. The second-order valence-corrected chi connectivity index (χ2v) is 2.05. The van der Waals surface area contributed by atoms with E-state index in [4.69, 9.17) is 0 Å². The Kier molecular flexibility index (Phi) is 2.66. The zero-order chi connectivity index (χ0) is 7.14. The van der Waals surface area contributed by atoms with Crippen LogP contribution in [0.3, 0.4) is 0 Å². The van der Waals surface area contributed by atoms with Gasteiger partial charge < -0.3 is 10.3 Å². The number of fused-ring (bicyclic) bond motifs is 1. The van der Waals surface area contributed by atoms with Gasteiger partial charge in [-0.15, -0.1) is 0 Å². The van der Waals surface area contributed by atoms with E-state index >= 15 is 0 Å². The predicted octanol–water partition coefficient (Wildman–Crippen LogP) is -0.231. The molecule has 0 saturated heterocycles. The first-order valence-electron chi connectivity index (χ1n) is 2.82. The normalized spacial score (nSPS) is 13.8. The Balaban J connectivity index is 0.000000605. The fourth-order valence-electron chi connectivity index (χ4n) is 0.954. The monoisotopic (exact) mass is 175 g/mol.